The number of hydrogen-bond donors (Lipinski definition) is 1. The van der Waals surface area contributed by atoms with E-state index in [0.29, 0.717) is 77.8 Å². The molecule has 1 N–H and O–H groups in total. The normalized spacial score (nSPS) is 22.8. The van der Waals surface area contributed by atoms with E-state index in [1.807, 2.05) is 30.3 Å². The zero-order chi connectivity index (χ0) is 27.6. The quantitative estimate of drug-likeness (QED) is 0.548. The van der Waals surface area contributed by atoms with Crippen molar-refractivity contribution in [2.45, 2.75) is 70.2 Å². The van der Waals surface area contributed by atoms with Crippen LogP contribution in [0.2, 0.25) is 0 Å². The molecule has 0 atom stereocenters. The average Bonchev–Trinajstić information content (AvgIpc) is 2.94. The lowest BCUT2D eigenvalue weighted by Gasteiger charge is -2.34. The Balaban J connectivity index is 1.11. The standard InChI is InChI=1S/C28H39N3O8/c32-25(33)22-12-14-29(15-13-22)27(35)38-23-8-4-10-24(11-5-9-23)39-28(36)31-18-16-30(17-19-31)26(34)37-20-21-6-2-1-3-7-21/h1-3,6-7,22-24H,4-5,8-20H2,(H,32,33). The number of aliphatic carboxylic acids is 1. The number of amides is 3. The SMILES string of the molecule is O=C(O)C1CCN(C(=O)OC2CCCC(OC(=O)N3CCN(C(=O)OCc4ccccc4)CC3)CCC2)CC1. The third-order valence-electron chi connectivity index (χ3n) is 7.74. The molecule has 214 valence electrons. The van der Waals surface area contributed by atoms with Gasteiger partial charge in [-0.05, 0) is 56.9 Å². The molecule has 11 nitrogen and oxygen atoms in total. The smallest absolute Gasteiger partial charge is 0.410 e. The van der Waals surface area contributed by atoms with Crippen molar-refractivity contribution in [1.82, 2.24) is 14.7 Å². The van der Waals surface area contributed by atoms with Crippen molar-refractivity contribution >= 4 is 24.2 Å². The number of ether oxygens (including phenoxy) is 3. The first-order valence-electron chi connectivity index (χ1n) is 14.0. The van der Waals surface area contributed by atoms with E-state index in [2.05, 4.69) is 0 Å². The average molecular weight is 546 g/mol. The molecule has 1 saturated carbocycles. The summed E-state index contributed by atoms with van der Waals surface area (Å²) in [5.74, 6) is -1.19. The second kappa shape index (κ2) is 14.0. The third kappa shape index (κ3) is 8.49. The van der Waals surface area contributed by atoms with Crippen molar-refractivity contribution < 1.29 is 38.5 Å². The van der Waals surface area contributed by atoms with E-state index in [1.54, 1.807) is 14.7 Å². The molecule has 0 spiro atoms. The van der Waals surface area contributed by atoms with Crippen LogP contribution in [0.4, 0.5) is 14.4 Å². The molecule has 1 aliphatic carbocycles. The van der Waals surface area contributed by atoms with Crippen LogP contribution >= 0.6 is 0 Å². The van der Waals surface area contributed by atoms with E-state index in [4.69, 9.17) is 19.3 Å². The van der Waals surface area contributed by atoms with Crippen molar-refractivity contribution in [3.05, 3.63) is 35.9 Å². The zero-order valence-corrected chi connectivity index (χ0v) is 22.4. The summed E-state index contributed by atoms with van der Waals surface area (Å²) in [7, 11) is 0. The Kier molecular flexibility index (Phi) is 10.3. The van der Waals surface area contributed by atoms with Crippen molar-refractivity contribution in [1.29, 1.82) is 0 Å². The first kappa shape index (κ1) is 28.5. The molecule has 0 unspecified atom stereocenters. The zero-order valence-electron chi connectivity index (χ0n) is 22.4. The Morgan fingerprint density at radius 1 is 0.667 bits per heavy atom. The molecule has 4 rings (SSSR count). The van der Waals surface area contributed by atoms with Crippen molar-refractivity contribution in [2.24, 2.45) is 5.92 Å². The first-order valence-corrected chi connectivity index (χ1v) is 14.0. The van der Waals surface area contributed by atoms with Gasteiger partial charge in [-0.1, -0.05) is 30.3 Å². The second-order valence-corrected chi connectivity index (χ2v) is 10.5. The lowest BCUT2D eigenvalue weighted by molar-refractivity contribution is -0.143. The lowest BCUT2D eigenvalue weighted by Crippen LogP contribution is -2.51. The van der Waals surface area contributed by atoms with Crippen LogP contribution in [-0.2, 0) is 25.6 Å². The Hall–Kier alpha value is -3.50. The summed E-state index contributed by atoms with van der Waals surface area (Å²) in [5.41, 5.74) is 0.925. The molecule has 3 amide bonds. The number of nitrogens with zero attached hydrogens (tertiary/aromatic N) is 3. The van der Waals surface area contributed by atoms with Gasteiger partial charge < -0.3 is 34.0 Å². The number of benzene rings is 1. The predicted molar refractivity (Wildman–Crippen MR) is 140 cm³/mol. The fourth-order valence-corrected chi connectivity index (χ4v) is 5.30. The number of piperazine rings is 1. The summed E-state index contributed by atoms with van der Waals surface area (Å²) in [5, 5.41) is 9.13. The molecule has 2 saturated heterocycles. The van der Waals surface area contributed by atoms with Gasteiger partial charge in [0.15, 0.2) is 0 Å². The fraction of sp³-hybridized carbons (Fsp3) is 0.643. The van der Waals surface area contributed by atoms with Gasteiger partial charge >= 0.3 is 24.2 Å². The van der Waals surface area contributed by atoms with E-state index < -0.39 is 5.97 Å². The van der Waals surface area contributed by atoms with Gasteiger partial charge in [0, 0.05) is 39.3 Å². The van der Waals surface area contributed by atoms with E-state index in [1.165, 1.54) is 0 Å². The molecular weight excluding hydrogens is 506 g/mol. The summed E-state index contributed by atoms with van der Waals surface area (Å²) < 4.78 is 16.9. The van der Waals surface area contributed by atoms with Gasteiger partial charge in [0.2, 0.25) is 0 Å². The number of carbonyl (C=O) groups excluding carboxylic acids is 3. The Bertz CT molecular complexity index is 964. The number of likely N-dealkylation sites (tertiary alicyclic amines) is 1. The summed E-state index contributed by atoms with van der Waals surface area (Å²) >= 11 is 0. The highest BCUT2D eigenvalue weighted by Crippen LogP contribution is 2.25. The molecule has 3 aliphatic rings. The predicted octanol–water partition coefficient (Wildman–Crippen LogP) is 4.10. The fourth-order valence-electron chi connectivity index (χ4n) is 5.30. The summed E-state index contributed by atoms with van der Waals surface area (Å²) in [6.07, 6.45) is 3.81. The maximum absolute atomic E-state index is 12.8. The summed E-state index contributed by atoms with van der Waals surface area (Å²) in [6.45, 7) is 2.62. The number of hydrogen-bond acceptors (Lipinski definition) is 7. The largest absolute Gasteiger partial charge is 0.481 e. The van der Waals surface area contributed by atoms with Crippen molar-refractivity contribution in [3.63, 3.8) is 0 Å². The number of carboxylic acids is 1. The molecule has 3 fully saturated rings. The highest BCUT2D eigenvalue weighted by atomic mass is 16.6. The van der Waals surface area contributed by atoms with E-state index >= 15 is 0 Å². The minimum Gasteiger partial charge on any atom is -0.481 e. The molecule has 2 heterocycles. The molecule has 1 aromatic rings. The van der Waals surface area contributed by atoms with Crippen LogP contribution in [0.3, 0.4) is 0 Å². The number of piperidine rings is 1. The minimum absolute atomic E-state index is 0.180. The first-order chi connectivity index (χ1) is 18.9. The van der Waals surface area contributed by atoms with Gasteiger partial charge in [0.25, 0.3) is 0 Å². The second-order valence-electron chi connectivity index (χ2n) is 10.5. The number of carboxylic acid groups (broad SMARTS) is 1. The lowest BCUT2D eigenvalue weighted by atomic mass is 9.96. The van der Waals surface area contributed by atoms with Gasteiger partial charge in [-0.25, -0.2) is 14.4 Å². The monoisotopic (exact) mass is 545 g/mol. The maximum atomic E-state index is 12.8. The van der Waals surface area contributed by atoms with Crippen molar-refractivity contribution in [3.8, 4) is 0 Å². The van der Waals surface area contributed by atoms with E-state index in [-0.39, 0.29) is 43.0 Å². The van der Waals surface area contributed by atoms with Crippen LogP contribution < -0.4 is 0 Å². The Morgan fingerprint density at radius 3 is 1.62 bits per heavy atom. The molecule has 0 bridgehead atoms. The summed E-state index contributed by atoms with van der Waals surface area (Å²) in [6, 6.07) is 9.50. The van der Waals surface area contributed by atoms with Crippen LogP contribution in [-0.4, -0.2) is 95.5 Å². The van der Waals surface area contributed by atoms with Gasteiger partial charge in [-0.2, -0.15) is 0 Å². The van der Waals surface area contributed by atoms with Gasteiger partial charge in [0.05, 0.1) is 5.92 Å². The Labute approximate surface area is 229 Å². The van der Waals surface area contributed by atoms with Crippen LogP contribution in [0, 0.1) is 5.92 Å². The maximum Gasteiger partial charge on any atom is 0.410 e. The minimum atomic E-state index is -0.806. The molecule has 0 aromatic heterocycles. The topological polar surface area (TPSA) is 126 Å². The Morgan fingerprint density at radius 2 is 1.13 bits per heavy atom. The van der Waals surface area contributed by atoms with Crippen LogP contribution in [0.5, 0.6) is 0 Å². The highest BCUT2D eigenvalue weighted by Gasteiger charge is 2.31. The molecule has 1 aromatic carbocycles. The van der Waals surface area contributed by atoms with Crippen molar-refractivity contribution in [2.75, 3.05) is 39.3 Å². The molecule has 2 aliphatic heterocycles. The van der Waals surface area contributed by atoms with Crippen LogP contribution in [0.15, 0.2) is 30.3 Å². The molecular formula is C28H39N3O8. The highest BCUT2D eigenvalue weighted by molar-refractivity contribution is 5.72. The summed E-state index contributed by atoms with van der Waals surface area (Å²) in [4.78, 5) is 53.6. The van der Waals surface area contributed by atoms with Gasteiger partial charge in [0.1, 0.15) is 18.8 Å². The van der Waals surface area contributed by atoms with Crippen LogP contribution in [0.1, 0.15) is 56.9 Å². The molecule has 11 heteroatoms. The van der Waals surface area contributed by atoms with E-state index in [9.17, 15) is 19.2 Å². The van der Waals surface area contributed by atoms with E-state index in [0.717, 1.165) is 18.4 Å². The molecule has 39 heavy (non-hydrogen) atoms. The molecule has 0 radical (unpaired) electrons. The number of rotatable bonds is 5. The van der Waals surface area contributed by atoms with Crippen LogP contribution in [0.25, 0.3) is 0 Å². The van der Waals surface area contributed by atoms with Gasteiger partial charge in [-0.15, -0.1) is 0 Å². The third-order valence-corrected chi connectivity index (χ3v) is 7.74. The van der Waals surface area contributed by atoms with Gasteiger partial charge in [-0.3, -0.25) is 4.79 Å². The number of carbonyl (C=O) groups is 4.